The van der Waals surface area contributed by atoms with Crippen LogP contribution >= 0.6 is 0 Å². The van der Waals surface area contributed by atoms with Crippen LogP contribution in [0.1, 0.15) is 33.1 Å². The van der Waals surface area contributed by atoms with E-state index >= 15 is 0 Å². The average Bonchev–Trinajstić information content (AvgIpc) is 2.43. The minimum absolute atomic E-state index is 0.0106. The van der Waals surface area contributed by atoms with Gasteiger partial charge in [-0.25, -0.2) is 9.18 Å². The third-order valence-electron chi connectivity index (χ3n) is 4.04. The number of hydrogen-bond donors (Lipinski definition) is 3. The molecule has 5 nitrogen and oxygen atoms in total. The van der Waals surface area contributed by atoms with Gasteiger partial charge in [-0.3, -0.25) is 0 Å². The van der Waals surface area contributed by atoms with Gasteiger partial charge in [0.2, 0.25) is 0 Å². The Balaban J connectivity index is 1.89. The number of aliphatic hydroxyl groups excluding tert-OH is 1. The fraction of sp³-hybridized carbons (Fsp3) is 0.562. The molecule has 1 aromatic carbocycles. The Labute approximate surface area is 129 Å². The number of urea groups is 1. The Morgan fingerprint density at radius 3 is 2.73 bits per heavy atom. The van der Waals surface area contributed by atoms with E-state index in [-0.39, 0.29) is 30.4 Å². The van der Waals surface area contributed by atoms with E-state index in [1.54, 1.807) is 13.0 Å². The van der Waals surface area contributed by atoms with Gasteiger partial charge in [0.1, 0.15) is 0 Å². The van der Waals surface area contributed by atoms with Crippen LogP contribution in [0, 0.1) is 11.7 Å². The van der Waals surface area contributed by atoms with Gasteiger partial charge in [-0.1, -0.05) is 6.92 Å². The van der Waals surface area contributed by atoms with E-state index in [1.807, 2.05) is 6.92 Å². The van der Waals surface area contributed by atoms with Gasteiger partial charge in [0.15, 0.2) is 11.6 Å². The molecule has 2 amide bonds. The molecule has 1 saturated carbocycles. The summed E-state index contributed by atoms with van der Waals surface area (Å²) in [6, 6.07) is 3.77. The van der Waals surface area contributed by atoms with Crippen LogP contribution in [-0.4, -0.2) is 29.9 Å². The largest absolute Gasteiger partial charge is 0.487 e. The van der Waals surface area contributed by atoms with Gasteiger partial charge in [0.25, 0.3) is 0 Å². The minimum atomic E-state index is -0.485. The normalized spacial score (nSPS) is 17.3. The first kappa shape index (κ1) is 16.5. The molecule has 0 radical (unpaired) electrons. The number of amides is 2. The average molecular weight is 310 g/mol. The number of hydrogen-bond acceptors (Lipinski definition) is 3. The fourth-order valence-electron chi connectivity index (χ4n) is 2.02. The maximum Gasteiger partial charge on any atom is 0.319 e. The molecule has 0 saturated heterocycles. The van der Waals surface area contributed by atoms with Crippen molar-refractivity contribution < 1.29 is 19.0 Å². The molecule has 0 bridgehead atoms. The quantitative estimate of drug-likeness (QED) is 0.756. The highest BCUT2D eigenvalue weighted by Gasteiger charge is 2.21. The number of ether oxygens (including phenoxy) is 1. The van der Waals surface area contributed by atoms with E-state index in [0.717, 1.165) is 19.3 Å². The van der Waals surface area contributed by atoms with Crippen LogP contribution in [-0.2, 0) is 0 Å². The van der Waals surface area contributed by atoms with Crippen molar-refractivity contribution in [3.8, 4) is 5.75 Å². The van der Waals surface area contributed by atoms with Crippen LogP contribution in [0.15, 0.2) is 18.2 Å². The summed E-state index contributed by atoms with van der Waals surface area (Å²) in [6.07, 6.45) is 3.15. The molecule has 0 spiro atoms. The molecule has 0 heterocycles. The van der Waals surface area contributed by atoms with Crippen molar-refractivity contribution in [1.82, 2.24) is 5.32 Å². The van der Waals surface area contributed by atoms with Crippen molar-refractivity contribution in [3.63, 3.8) is 0 Å². The summed E-state index contributed by atoms with van der Waals surface area (Å²) in [7, 11) is 0. The highest BCUT2D eigenvalue weighted by molar-refractivity contribution is 5.89. The lowest BCUT2D eigenvalue weighted by Gasteiger charge is -2.26. The Bertz CT molecular complexity index is 520. The summed E-state index contributed by atoms with van der Waals surface area (Å²) in [5.74, 6) is -0.319. The van der Waals surface area contributed by atoms with Crippen LogP contribution in [0.4, 0.5) is 14.9 Å². The van der Waals surface area contributed by atoms with Gasteiger partial charge in [-0.2, -0.15) is 0 Å². The van der Waals surface area contributed by atoms with Gasteiger partial charge < -0.3 is 20.5 Å². The van der Waals surface area contributed by atoms with Gasteiger partial charge in [0, 0.05) is 24.4 Å². The number of rotatable bonds is 6. The molecule has 2 rings (SSSR count). The highest BCUT2D eigenvalue weighted by atomic mass is 19.1. The smallest absolute Gasteiger partial charge is 0.319 e. The number of aliphatic hydroxyl groups is 1. The van der Waals surface area contributed by atoms with Crippen LogP contribution in [0.2, 0.25) is 0 Å². The molecule has 1 aliphatic rings. The summed E-state index contributed by atoms with van der Waals surface area (Å²) in [5.41, 5.74) is 0.361. The van der Waals surface area contributed by atoms with Crippen LogP contribution in [0.5, 0.6) is 5.75 Å². The van der Waals surface area contributed by atoms with Crippen molar-refractivity contribution in [3.05, 3.63) is 24.0 Å². The number of carbonyl (C=O) groups is 1. The molecule has 6 heteroatoms. The zero-order valence-electron chi connectivity index (χ0n) is 12.9. The molecule has 0 aromatic heterocycles. The lowest BCUT2D eigenvalue weighted by molar-refractivity contribution is 0.115. The number of halogens is 1. The zero-order chi connectivity index (χ0) is 16.1. The Kier molecular flexibility index (Phi) is 5.60. The first-order chi connectivity index (χ1) is 10.5. The molecule has 3 N–H and O–H groups in total. The van der Waals surface area contributed by atoms with E-state index in [4.69, 9.17) is 9.84 Å². The summed E-state index contributed by atoms with van der Waals surface area (Å²) in [6.45, 7) is 3.62. The minimum Gasteiger partial charge on any atom is -0.487 e. The van der Waals surface area contributed by atoms with Crippen LogP contribution in [0.25, 0.3) is 0 Å². The lowest BCUT2D eigenvalue weighted by Crippen LogP contribution is -2.40. The second kappa shape index (κ2) is 7.45. The number of nitrogens with one attached hydrogen (secondary N) is 2. The molecule has 2 atom stereocenters. The number of carbonyl (C=O) groups excluding carboxylic acids is 1. The van der Waals surface area contributed by atoms with Gasteiger partial charge >= 0.3 is 6.03 Å². The predicted octanol–water partition coefficient (Wildman–Crippen LogP) is 2.90. The SMILES string of the molecule is C[C@H](NC(=O)Nc1ccc(OC2CCC2)c(F)c1)[C@@H](C)CO. The first-order valence-corrected chi connectivity index (χ1v) is 7.64. The molecular formula is C16H23FN2O3. The third kappa shape index (κ3) is 4.34. The van der Waals surface area contributed by atoms with E-state index in [9.17, 15) is 9.18 Å². The lowest BCUT2D eigenvalue weighted by atomic mass is 9.96. The topological polar surface area (TPSA) is 70.6 Å². The molecule has 22 heavy (non-hydrogen) atoms. The van der Waals surface area contributed by atoms with Crippen molar-refractivity contribution in [1.29, 1.82) is 0 Å². The first-order valence-electron chi connectivity index (χ1n) is 7.64. The van der Waals surface area contributed by atoms with E-state index in [0.29, 0.717) is 5.69 Å². The molecule has 0 aliphatic heterocycles. The van der Waals surface area contributed by atoms with Crippen molar-refractivity contribution >= 4 is 11.7 Å². The Morgan fingerprint density at radius 2 is 2.18 bits per heavy atom. The molecular weight excluding hydrogens is 287 g/mol. The Morgan fingerprint density at radius 1 is 1.45 bits per heavy atom. The maximum atomic E-state index is 13.9. The predicted molar refractivity (Wildman–Crippen MR) is 82.5 cm³/mol. The monoisotopic (exact) mass is 310 g/mol. The Hall–Kier alpha value is -1.82. The summed E-state index contributed by atoms with van der Waals surface area (Å²) in [4.78, 5) is 11.8. The third-order valence-corrected chi connectivity index (χ3v) is 4.04. The van der Waals surface area contributed by atoms with Gasteiger partial charge in [-0.05, 0) is 44.2 Å². The van der Waals surface area contributed by atoms with Crippen molar-refractivity contribution in [2.45, 2.75) is 45.3 Å². The number of benzene rings is 1. The molecule has 1 fully saturated rings. The fourth-order valence-corrected chi connectivity index (χ4v) is 2.02. The summed E-state index contributed by atoms with van der Waals surface area (Å²) >= 11 is 0. The summed E-state index contributed by atoms with van der Waals surface area (Å²) in [5, 5.41) is 14.3. The highest BCUT2D eigenvalue weighted by Crippen LogP contribution is 2.28. The van der Waals surface area contributed by atoms with Crippen molar-refractivity contribution in [2.75, 3.05) is 11.9 Å². The molecule has 1 aliphatic carbocycles. The van der Waals surface area contributed by atoms with E-state index < -0.39 is 11.8 Å². The maximum absolute atomic E-state index is 13.9. The zero-order valence-corrected chi connectivity index (χ0v) is 12.9. The van der Waals surface area contributed by atoms with Gasteiger partial charge in [0.05, 0.1) is 6.10 Å². The van der Waals surface area contributed by atoms with E-state index in [1.165, 1.54) is 12.1 Å². The van der Waals surface area contributed by atoms with Crippen LogP contribution in [0.3, 0.4) is 0 Å². The standard InChI is InChI=1S/C16H23FN2O3/c1-10(9-20)11(2)18-16(21)19-12-6-7-15(14(17)8-12)22-13-4-3-5-13/h6-8,10-11,13,20H,3-5,9H2,1-2H3,(H2,18,19,21)/t10-,11-/m0/s1. The molecule has 0 unspecified atom stereocenters. The molecule has 122 valence electrons. The van der Waals surface area contributed by atoms with Gasteiger partial charge in [-0.15, -0.1) is 0 Å². The van der Waals surface area contributed by atoms with Crippen LogP contribution < -0.4 is 15.4 Å². The second-order valence-electron chi connectivity index (χ2n) is 5.86. The molecule has 1 aromatic rings. The summed E-state index contributed by atoms with van der Waals surface area (Å²) < 4.78 is 19.5. The van der Waals surface area contributed by atoms with E-state index in [2.05, 4.69) is 10.6 Å². The number of anilines is 1. The van der Waals surface area contributed by atoms with Crippen molar-refractivity contribution in [2.24, 2.45) is 5.92 Å². The second-order valence-corrected chi connectivity index (χ2v) is 5.86.